The van der Waals surface area contributed by atoms with E-state index in [9.17, 15) is 26.4 Å². The molecule has 0 saturated heterocycles. The Hall–Kier alpha value is -2.06. The number of rotatable bonds is 5. The standard InChI is InChI=1S/C16H13ClF3NO3S/c17-13-5-7-14(8-6-13)21-15(22)10-25(23,24)9-11-1-3-12(4-2-11)16(18,19)20/h1-8H,9-10H2,(H,21,22). The summed E-state index contributed by atoms with van der Waals surface area (Å²) >= 11 is 5.71. The number of amides is 1. The molecule has 134 valence electrons. The van der Waals surface area contributed by atoms with Gasteiger partial charge < -0.3 is 5.32 Å². The van der Waals surface area contributed by atoms with E-state index in [1.807, 2.05) is 0 Å². The van der Waals surface area contributed by atoms with Crippen LogP contribution >= 0.6 is 11.6 Å². The Morgan fingerprint density at radius 3 is 2.08 bits per heavy atom. The third kappa shape index (κ3) is 6.06. The lowest BCUT2D eigenvalue weighted by molar-refractivity contribution is -0.137. The maximum absolute atomic E-state index is 12.5. The SMILES string of the molecule is O=C(CS(=O)(=O)Cc1ccc(C(F)(F)F)cc1)Nc1ccc(Cl)cc1. The number of hydrogen-bond acceptors (Lipinski definition) is 3. The van der Waals surface area contributed by atoms with Crippen molar-refractivity contribution < 1.29 is 26.4 Å². The number of carbonyl (C=O) groups is 1. The summed E-state index contributed by atoms with van der Waals surface area (Å²) in [6.45, 7) is 0. The third-order valence-corrected chi connectivity index (χ3v) is 4.87. The predicted octanol–water partition coefficient (Wildman–Crippen LogP) is 3.91. The van der Waals surface area contributed by atoms with Gasteiger partial charge in [0.25, 0.3) is 0 Å². The Labute approximate surface area is 147 Å². The van der Waals surface area contributed by atoms with Gasteiger partial charge >= 0.3 is 6.18 Å². The lowest BCUT2D eigenvalue weighted by Crippen LogP contribution is -2.24. The van der Waals surface area contributed by atoms with E-state index < -0.39 is 39.0 Å². The molecule has 2 rings (SSSR count). The summed E-state index contributed by atoms with van der Waals surface area (Å²) in [4.78, 5) is 11.8. The molecule has 0 spiro atoms. The van der Waals surface area contributed by atoms with E-state index in [0.717, 1.165) is 24.3 Å². The fourth-order valence-electron chi connectivity index (χ4n) is 2.02. The summed E-state index contributed by atoms with van der Waals surface area (Å²) in [5.74, 6) is -2.05. The van der Waals surface area contributed by atoms with Crippen LogP contribution in [0.3, 0.4) is 0 Å². The molecule has 0 aliphatic rings. The average Bonchev–Trinajstić information content (AvgIpc) is 2.48. The Morgan fingerprint density at radius 2 is 1.56 bits per heavy atom. The molecule has 0 bridgehead atoms. The number of anilines is 1. The Morgan fingerprint density at radius 1 is 1.00 bits per heavy atom. The number of nitrogens with one attached hydrogen (secondary N) is 1. The van der Waals surface area contributed by atoms with E-state index in [1.54, 1.807) is 0 Å². The van der Waals surface area contributed by atoms with Crippen LogP contribution in [0.15, 0.2) is 48.5 Å². The highest BCUT2D eigenvalue weighted by molar-refractivity contribution is 7.91. The zero-order valence-electron chi connectivity index (χ0n) is 12.7. The molecule has 4 nitrogen and oxygen atoms in total. The number of sulfone groups is 1. The molecule has 0 heterocycles. The molecule has 1 N–H and O–H groups in total. The van der Waals surface area contributed by atoms with Gasteiger partial charge in [0.1, 0.15) is 5.75 Å². The Kier molecular flexibility index (Phi) is 5.74. The van der Waals surface area contributed by atoms with Crippen LogP contribution in [0.4, 0.5) is 18.9 Å². The molecule has 0 aromatic heterocycles. The molecule has 9 heteroatoms. The topological polar surface area (TPSA) is 63.2 Å². The molecule has 0 saturated carbocycles. The molecule has 0 atom stereocenters. The van der Waals surface area contributed by atoms with Gasteiger partial charge in [-0.05, 0) is 42.0 Å². The van der Waals surface area contributed by atoms with Gasteiger partial charge in [-0.1, -0.05) is 23.7 Å². The van der Waals surface area contributed by atoms with Gasteiger partial charge in [-0.25, -0.2) is 8.42 Å². The van der Waals surface area contributed by atoms with Gasteiger partial charge in [0.05, 0.1) is 11.3 Å². The van der Waals surface area contributed by atoms with Crippen molar-refractivity contribution in [3.63, 3.8) is 0 Å². The number of halogens is 4. The highest BCUT2D eigenvalue weighted by Crippen LogP contribution is 2.29. The van der Waals surface area contributed by atoms with Gasteiger partial charge in [-0.3, -0.25) is 4.79 Å². The molecule has 0 aliphatic heterocycles. The van der Waals surface area contributed by atoms with Crippen LogP contribution in [0, 0.1) is 0 Å². The second-order valence-corrected chi connectivity index (χ2v) is 7.78. The van der Waals surface area contributed by atoms with Crippen molar-refractivity contribution in [2.45, 2.75) is 11.9 Å². The largest absolute Gasteiger partial charge is 0.416 e. The highest BCUT2D eigenvalue weighted by atomic mass is 35.5. The quantitative estimate of drug-likeness (QED) is 0.840. The number of alkyl halides is 3. The Bertz CT molecular complexity index is 848. The summed E-state index contributed by atoms with van der Waals surface area (Å²) < 4.78 is 61.5. The van der Waals surface area contributed by atoms with Crippen molar-refractivity contribution in [1.82, 2.24) is 0 Å². The van der Waals surface area contributed by atoms with E-state index in [4.69, 9.17) is 11.6 Å². The normalized spacial score (nSPS) is 12.0. The maximum atomic E-state index is 12.5. The first-order valence-corrected chi connectivity index (χ1v) is 9.17. The van der Waals surface area contributed by atoms with E-state index in [2.05, 4.69) is 5.32 Å². The molecule has 2 aromatic rings. The van der Waals surface area contributed by atoms with Gasteiger partial charge in [-0.15, -0.1) is 0 Å². The highest BCUT2D eigenvalue weighted by Gasteiger charge is 2.30. The van der Waals surface area contributed by atoms with Crippen LogP contribution in [-0.2, 0) is 26.6 Å². The van der Waals surface area contributed by atoms with Crippen molar-refractivity contribution >= 4 is 33.0 Å². The molecule has 0 fully saturated rings. The zero-order valence-corrected chi connectivity index (χ0v) is 14.3. The first-order chi connectivity index (χ1) is 11.5. The van der Waals surface area contributed by atoms with E-state index in [0.29, 0.717) is 10.7 Å². The second-order valence-electron chi connectivity index (χ2n) is 5.28. The summed E-state index contributed by atoms with van der Waals surface area (Å²) in [5, 5.41) is 2.88. The van der Waals surface area contributed by atoms with Crippen LogP contribution in [0.25, 0.3) is 0 Å². The predicted molar refractivity (Wildman–Crippen MR) is 89.0 cm³/mol. The minimum Gasteiger partial charge on any atom is -0.325 e. The van der Waals surface area contributed by atoms with E-state index in [1.165, 1.54) is 24.3 Å². The number of hydrogen-bond donors (Lipinski definition) is 1. The van der Waals surface area contributed by atoms with Gasteiger partial charge in [0.15, 0.2) is 9.84 Å². The molecule has 0 aliphatic carbocycles. The summed E-state index contributed by atoms with van der Waals surface area (Å²) in [6.07, 6.45) is -4.49. The first kappa shape index (κ1) is 19.3. The molecule has 2 aromatic carbocycles. The smallest absolute Gasteiger partial charge is 0.325 e. The van der Waals surface area contributed by atoms with Crippen LogP contribution < -0.4 is 5.32 Å². The monoisotopic (exact) mass is 391 g/mol. The van der Waals surface area contributed by atoms with Crippen LogP contribution in [-0.4, -0.2) is 20.1 Å². The molecule has 0 unspecified atom stereocenters. The zero-order chi connectivity index (χ0) is 18.7. The van der Waals surface area contributed by atoms with Crippen molar-refractivity contribution in [2.75, 3.05) is 11.1 Å². The lowest BCUT2D eigenvalue weighted by Gasteiger charge is -2.09. The minimum absolute atomic E-state index is 0.173. The average molecular weight is 392 g/mol. The number of carbonyl (C=O) groups excluding carboxylic acids is 1. The summed E-state index contributed by atoms with van der Waals surface area (Å²) in [7, 11) is -3.83. The van der Waals surface area contributed by atoms with Crippen molar-refractivity contribution in [1.29, 1.82) is 0 Å². The summed E-state index contributed by atoms with van der Waals surface area (Å²) in [5.41, 5.74) is -0.305. The minimum atomic E-state index is -4.49. The van der Waals surface area contributed by atoms with Gasteiger partial charge in [0, 0.05) is 10.7 Å². The molecule has 25 heavy (non-hydrogen) atoms. The second kappa shape index (κ2) is 7.45. The van der Waals surface area contributed by atoms with Crippen molar-refractivity contribution in [3.05, 3.63) is 64.7 Å². The fraction of sp³-hybridized carbons (Fsp3) is 0.188. The Balaban J connectivity index is 1.99. The molecular weight excluding hydrogens is 379 g/mol. The van der Waals surface area contributed by atoms with Crippen LogP contribution in [0.1, 0.15) is 11.1 Å². The first-order valence-electron chi connectivity index (χ1n) is 6.97. The third-order valence-electron chi connectivity index (χ3n) is 3.15. The van der Waals surface area contributed by atoms with Crippen molar-refractivity contribution in [2.24, 2.45) is 0 Å². The van der Waals surface area contributed by atoms with Crippen molar-refractivity contribution in [3.8, 4) is 0 Å². The van der Waals surface area contributed by atoms with Crippen LogP contribution in [0.2, 0.25) is 5.02 Å². The summed E-state index contributed by atoms with van der Waals surface area (Å²) in [6, 6.07) is 9.87. The van der Waals surface area contributed by atoms with Gasteiger partial charge in [0.2, 0.25) is 5.91 Å². The van der Waals surface area contributed by atoms with E-state index in [-0.39, 0.29) is 5.56 Å². The molecule has 0 radical (unpaired) electrons. The maximum Gasteiger partial charge on any atom is 0.416 e. The van der Waals surface area contributed by atoms with Gasteiger partial charge in [-0.2, -0.15) is 13.2 Å². The van der Waals surface area contributed by atoms with E-state index >= 15 is 0 Å². The fourth-order valence-corrected chi connectivity index (χ4v) is 3.42. The van der Waals surface area contributed by atoms with Crippen LogP contribution in [0.5, 0.6) is 0 Å². The molecular formula is C16H13ClF3NO3S. The lowest BCUT2D eigenvalue weighted by atomic mass is 10.1. The molecule has 1 amide bonds. The number of benzene rings is 2.